The molecule has 0 radical (unpaired) electrons. The fraction of sp³-hybridized carbons (Fsp3) is 0.250. The van der Waals surface area contributed by atoms with Gasteiger partial charge < -0.3 is 5.11 Å². The van der Waals surface area contributed by atoms with Gasteiger partial charge in [0.15, 0.2) is 0 Å². The zero-order valence-corrected chi connectivity index (χ0v) is 7.68. The van der Waals surface area contributed by atoms with Crippen LogP contribution in [0.4, 0.5) is 0 Å². The molecule has 11 heavy (non-hydrogen) atoms. The first-order chi connectivity index (χ1) is 5.13. The molecule has 0 fully saturated rings. The maximum atomic E-state index is 7.82. The SMILES string of the molecule is CC(O)Cl.Clc1ccccc1. The molecule has 62 valence electrons. The molecule has 0 saturated carbocycles. The predicted octanol–water partition coefficient (Wildman–Crippen LogP) is 2.90. The maximum absolute atomic E-state index is 7.82. The van der Waals surface area contributed by atoms with Crippen LogP contribution < -0.4 is 0 Å². The Hall–Kier alpha value is -0.240. The summed E-state index contributed by atoms with van der Waals surface area (Å²) in [6.07, 6.45) is 0. The van der Waals surface area contributed by atoms with E-state index in [9.17, 15) is 0 Å². The molecule has 0 aliphatic carbocycles. The lowest BCUT2D eigenvalue weighted by Crippen LogP contribution is -1.79. The average molecular weight is 193 g/mol. The number of benzene rings is 1. The van der Waals surface area contributed by atoms with E-state index in [0.29, 0.717) is 0 Å². The molecule has 0 aliphatic rings. The summed E-state index contributed by atoms with van der Waals surface area (Å²) in [7, 11) is 0. The Bertz CT molecular complexity index is 172. The van der Waals surface area contributed by atoms with Crippen LogP contribution in [0.5, 0.6) is 0 Å². The van der Waals surface area contributed by atoms with E-state index in [2.05, 4.69) is 0 Å². The lowest BCUT2D eigenvalue weighted by atomic mass is 10.4. The molecule has 0 bridgehead atoms. The summed E-state index contributed by atoms with van der Waals surface area (Å²) in [6.45, 7) is 1.49. The number of alkyl halides is 1. The maximum Gasteiger partial charge on any atom is 0.125 e. The van der Waals surface area contributed by atoms with Gasteiger partial charge in [0.1, 0.15) is 5.56 Å². The van der Waals surface area contributed by atoms with Crippen LogP contribution in [-0.2, 0) is 0 Å². The van der Waals surface area contributed by atoms with Crippen molar-refractivity contribution in [3.8, 4) is 0 Å². The summed E-state index contributed by atoms with van der Waals surface area (Å²) in [5.41, 5.74) is -0.694. The van der Waals surface area contributed by atoms with Gasteiger partial charge in [-0.2, -0.15) is 0 Å². The van der Waals surface area contributed by atoms with Gasteiger partial charge in [-0.1, -0.05) is 41.4 Å². The smallest absolute Gasteiger partial charge is 0.125 e. The summed E-state index contributed by atoms with van der Waals surface area (Å²) >= 11 is 10.4. The van der Waals surface area contributed by atoms with Gasteiger partial charge in [0, 0.05) is 5.02 Å². The van der Waals surface area contributed by atoms with Crippen LogP contribution in [0.3, 0.4) is 0 Å². The van der Waals surface area contributed by atoms with E-state index in [-0.39, 0.29) is 0 Å². The third kappa shape index (κ3) is 9.76. The minimum Gasteiger partial charge on any atom is -0.378 e. The summed E-state index contributed by atoms with van der Waals surface area (Å²) in [4.78, 5) is 0. The molecule has 1 rings (SSSR count). The van der Waals surface area contributed by atoms with E-state index >= 15 is 0 Å². The van der Waals surface area contributed by atoms with Crippen molar-refractivity contribution in [2.45, 2.75) is 12.5 Å². The summed E-state index contributed by atoms with van der Waals surface area (Å²) in [5, 5.41) is 8.61. The topological polar surface area (TPSA) is 20.2 Å². The molecule has 1 N–H and O–H groups in total. The van der Waals surface area contributed by atoms with Crippen molar-refractivity contribution in [1.82, 2.24) is 0 Å². The average Bonchev–Trinajstić information content (AvgIpc) is 1.87. The lowest BCUT2D eigenvalue weighted by Gasteiger charge is -1.80. The van der Waals surface area contributed by atoms with Gasteiger partial charge in [0.2, 0.25) is 0 Å². The first-order valence-electron chi connectivity index (χ1n) is 3.15. The van der Waals surface area contributed by atoms with Gasteiger partial charge >= 0.3 is 0 Å². The van der Waals surface area contributed by atoms with Crippen LogP contribution in [0.15, 0.2) is 30.3 Å². The van der Waals surface area contributed by atoms with Crippen molar-refractivity contribution < 1.29 is 5.11 Å². The van der Waals surface area contributed by atoms with E-state index in [4.69, 9.17) is 28.3 Å². The summed E-state index contributed by atoms with van der Waals surface area (Å²) in [6, 6.07) is 9.44. The number of hydrogen-bond donors (Lipinski definition) is 1. The summed E-state index contributed by atoms with van der Waals surface area (Å²) < 4.78 is 0. The van der Waals surface area contributed by atoms with Crippen molar-refractivity contribution >= 4 is 23.2 Å². The number of aliphatic hydroxyl groups excluding tert-OH is 1. The molecule has 1 aromatic carbocycles. The van der Waals surface area contributed by atoms with Crippen molar-refractivity contribution in [3.05, 3.63) is 35.4 Å². The molecule has 0 saturated heterocycles. The predicted molar refractivity (Wildman–Crippen MR) is 49.0 cm³/mol. The van der Waals surface area contributed by atoms with Crippen LogP contribution in [0, 0.1) is 0 Å². The van der Waals surface area contributed by atoms with Crippen molar-refractivity contribution in [2.75, 3.05) is 0 Å². The van der Waals surface area contributed by atoms with Crippen LogP contribution in [-0.4, -0.2) is 10.7 Å². The second-order valence-corrected chi connectivity index (χ2v) is 2.94. The fourth-order valence-electron chi connectivity index (χ4n) is 0.415. The normalized spacial score (nSPS) is 11.3. The first kappa shape index (κ1) is 10.8. The number of aliphatic hydroxyl groups is 1. The van der Waals surface area contributed by atoms with Gasteiger partial charge in [-0.25, -0.2) is 0 Å². The van der Waals surface area contributed by atoms with E-state index in [1.807, 2.05) is 30.3 Å². The highest BCUT2D eigenvalue weighted by atomic mass is 35.5. The Kier molecular flexibility index (Phi) is 6.33. The van der Waals surface area contributed by atoms with Gasteiger partial charge in [-0.3, -0.25) is 0 Å². The van der Waals surface area contributed by atoms with Crippen LogP contribution in [0.2, 0.25) is 5.02 Å². The lowest BCUT2D eigenvalue weighted by molar-refractivity contribution is 0.277. The number of halogens is 2. The monoisotopic (exact) mass is 192 g/mol. The molecular weight excluding hydrogens is 183 g/mol. The van der Waals surface area contributed by atoms with Crippen molar-refractivity contribution in [2.24, 2.45) is 0 Å². The minimum absolute atomic E-state index is 0.694. The van der Waals surface area contributed by atoms with Gasteiger partial charge in [-0.05, 0) is 19.1 Å². The minimum atomic E-state index is -0.694. The van der Waals surface area contributed by atoms with Crippen LogP contribution in [0.1, 0.15) is 6.92 Å². The van der Waals surface area contributed by atoms with Gasteiger partial charge in [0.05, 0.1) is 0 Å². The number of rotatable bonds is 0. The quantitative estimate of drug-likeness (QED) is 0.628. The molecule has 1 nitrogen and oxygen atoms in total. The molecule has 1 unspecified atom stereocenters. The molecule has 0 heterocycles. The second-order valence-electron chi connectivity index (χ2n) is 1.87. The van der Waals surface area contributed by atoms with Crippen LogP contribution >= 0.6 is 23.2 Å². The standard InChI is InChI=1S/C6H5Cl.C2H5ClO/c7-6-4-2-1-3-5-6;1-2(3)4/h1-5H;2,4H,1H3. The van der Waals surface area contributed by atoms with Gasteiger partial charge in [0.25, 0.3) is 0 Å². The van der Waals surface area contributed by atoms with Crippen LogP contribution in [0.25, 0.3) is 0 Å². The molecule has 0 amide bonds. The summed E-state index contributed by atoms with van der Waals surface area (Å²) in [5.74, 6) is 0. The first-order valence-corrected chi connectivity index (χ1v) is 3.97. The highest BCUT2D eigenvalue weighted by Gasteiger charge is 1.75. The Morgan fingerprint density at radius 2 is 1.64 bits per heavy atom. The van der Waals surface area contributed by atoms with E-state index in [1.165, 1.54) is 6.92 Å². The fourth-order valence-corrected chi connectivity index (χ4v) is 0.560. The highest BCUT2D eigenvalue weighted by Crippen LogP contribution is 2.03. The molecule has 3 heteroatoms. The molecule has 0 aromatic heterocycles. The van der Waals surface area contributed by atoms with Crippen molar-refractivity contribution in [3.63, 3.8) is 0 Å². The zero-order chi connectivity index (χ0) is 8.69. The molecule has 1 aromatic rings. The zero-order valence-electron chi connectivity index (χ0n) is 6.17. The Balaban J connectivity index is 0.000000218. The number of hydrogen-bond acceptors (Lipinski definition) is 1. The van der Waals surface area contributed by atoms with E-state index < -0.39 is 5.56 Å². The van der Waals surface area contributed by atoms with Gasteiger partial charge in [-0.15, -0.1) is 0 Å². The largest absolute Gasteiger partial charge is 0.378 e. The Morgan fingerprint density at radius 1 is 1.27 bits per heavy atom. The highest BCUT2D eigenvalue weighted by molar-refractivity contribution is 6.30. The second kappa shape index (κ2) is 6.47. The third-order valence-electron chi connectivity index (χ3n) is 0.733. The molecule has 0 spiro atoms. The van der Waals surface area contributed by atoms with E-state index in [0.717, 1.165) is 5.02 Å². The molecule has 0 aliphatic heterocycles. The third-order valence-corrected chi connectivity index (χ3v) is 0.985. The molecule has 1 atom stereocenters. The Morgan fingerprint density at radius 3 is 1.82 bits per heavy atom. The van der Waals surface area contributed by atoms with E-state index in [1.54, 1.807) is 0 Å². The Labute approximate surface area is 76.6 Å². The molecular formula is C8H10Cl2O. The van der Waals surface area contributed by atoms with Crippen molar-refractivity contribution in [1.29, 1.82) is 0 Å².